The molecule has 0 radical (unpaired) electrons. The summed E-state index contributed by atoms with van der Waals surface area (Å²) < 4.78 is 0. The summed E-state index contributed by atoms with van der Waals surface area (Å²) in [5.41, 5.74) is 3.42. The lowest BCUT2D eigenvalue weighted by Crippen LogP contribution is -2.45. The molecule has 27 heavy (non-hydrogen) atoms. The Morgan fingerprint density at radius 1 is 1.26 bits per heavy atom. The first-order valence-corrected chi connectivity index (χ1v) is 8.90. The van der Waals surface area contributed by atoms with Crippen LogP contribution in [0.5, 0.6) is 0 Å². The van der Waals surface area contributed by atoms with E-state index in [-0.39, 0.29) is 5.56 Å². The highest BCUT2D eigenvalue weighted by atomic mass is 16.4. The minimum Gasteiger partial charge on any atom is -0.478 e. The molecule has 0 bridgehead atoms. The SMILES string of the molecule is Cc1cccnc1Nc1nc2cc(C(=O)O)c(N3CCN(C)CC3)cc2[nH]1. The number of aromatic amines is 1. The van der Waals surface area contributed by atoms with E-state index in [1.807, 2.05) is 25.1 Å². The topological polar surface area (TPSA) is 97.4 Å². The van der Waals surface area contributed by atoms with Gasteiger partial charge in [-0.1, -0.05) is 6.07 Å². The quantitative estimate of drug-likeness (QED) is 0.652. The number of pyridine rings is 1. The molecule has 1 aliphatic heterocycles. The number of nitrogens with one attached hydrogen (secondary N) is 2. The monoisotopic (exact) mass is 366 g/mol. The van der Waals surface area contributed by atoms with Crippen LogP contribution in [0.1, 0.15) is 15.9 Å². The van der Waals surface area contributed by atoms with Crippen molar-refractivity contribution in [2.24, 2.45) is 0 Å². The molecule has 1 saturated heterocycles. The molecule has 4 rings (SSSR count). The van der Waals surface area contributed by atoms with Gasteiger partial charge in [0.05, 0.1) is 22.3 Å². The number of likely N-dealkylation sites (N-methyl/N-ethyl adjacent to an activating group) is 1. The zero-order valence-corrected chi connectivity index (χ0v) is 15.4. The van der Waals surface area contributed by atoms with Gasteiger partial charge in [-0.3, -0.25) is 0 Å². The van der Waals surface area contributed by atoms with Crippen LogP contribution in [0.25, 0.3) is 11.0 Å². The Balaban J connectivity index is 1.71. The minimum absolute atomic E-state index is 0.277. The van der Waals surface area contributed by atoms with E-state index in [0.717, 1.165) is 42.9 Å². The lowest BCUT2D eigenvalue weighted by Gasteiger charge is -2.34. The first-order valence-electron chi connectivity index (χ1n) is 8.90. The molecule has 3 N–H and O–H groups in total. The van der Waals surface area contributed by atoms with Crippen molar-refractivity contribution in [1.29, 1.82) is 0 Å². The summed E-state index contributed by atoms with van der Waals surface area (Å²) in [5.74, 6) is 0.317. The molecular formula is C19H22N6O2. The molecule has 8 heteroatoms. The van der Waals surface area contributed by atoms with Gasteiger partial charge in [-0.2, -0.15) is 0 Å². The van der Waals surface area contributed by atoms with Crippen LogP contribution in [0, 0.1) is 6.92 Å². The van der Waals surface area contributed by atoms with Crippen LogP contribution in [0.15, 0.2) is 30.5 Å². The van der Waals surface area contributed by atoms with Gasteiger partial charge in [0.1, 0.15) is 5.82 Å². The predicted molar refractivity (Wildman–Crippen MR) is 105 cm³/mol. The fraction of sp³-hybridized carbons (Fsp3) is 0.316. The molecule has 2 aromatic heterocycles. The Hall–Kier alpha value is -3.13. The average Bonchev–Trinajstić information content (AvgIpc) is 3.04. The fourth-order valence-electron chi connectivity index (χ4n) is 3.31. The number of carbonyl (C=O) groups is 1. The van der Waals surface area contributed by atoms with Crippen molar-refractivity contribution in [3.63, 3.8) is 0 Å². The van der Waals surface area contributed by atoms with Crippen molar-refractivity contribution < 1.29 is 9.90 Å². The van der Waals surface area contributed by atoms with Crippen molar-refractivity contribution in [3.8, 4) is 0 Å². The van der Waals surface area contributed by atoms with Crippen LogP contribution < -0.4 is 10.2 Å². The number of benzene rings is 1. The van der Waals surface area contributed by atoms with Crippen LogP contribution in [0.2, 0.25) is 0 Å². The van der Waals surface area contributed by atoms with E-state index in [9.17, 15) is 9.90 Å². The highest BCUT2D eigenvalue weighted by Gasteiger charge is 2.22. The normalized spacial score (nSPS) is 15.3. The fourth-order valence-corrected chi connectivity index (χ4v) is 3.31. The van der Waals surface area contributed by atoms with E-state index in [0.29, 0.717) is 17.3 Å². The first kappa shape index (κ1) is 17.3. The lowest BCUT2D eigenvalue weighted by atomic mass is 10.1. The Labute approximate surface area is 156 Å². The number of aromatic nitrogens is 3. The molecule has 0 saturated carbocycles. The number of nitrogens with zero attached hydrogens (tertiary/aromatic N) is 4. The summed E-state index contributed by atoms with van der Waals surface area (Å²) in [6, 6.07) is 7.36. The maximum absolute atomic E-state index is 11.8. The molecule has 3 aromatic rings. The molecule has 3 heterocycles. The maximum Gasteiger partial charge on any atom is 0.337 e. The highest BCUT2D eigenvalue weighted by Crippen LogP contribution is 2.29. The number of anilines is 3. The van der Waals surface area contributed by atoms with Crippen LogP contribution in [-0.4, -0.2) is 64.2 Å². The minimum atomic E-state index is -0.941. The molecule has 0 amide bonds. The van der Waals surface area contributed by atoms with E-state index >= 15 is 0 Å². The summed E-state index contributed by atoms with van der Waals surface area (Å²) in [7, 11) is 2.07. The van der Waals surface area contributed by atoms with Gasteiger partial charge in [-0.05, 0) is 37.7 Å². The Morgan fingerprint density at radius 3 is 2.74 bits per heavy atom. The van der Waals surface area contributed by atoms with Gasteiger partial charge in [-0.15, -0.1) is 0 Å². The average molecular weight is 366 g/mol. The summed E-state index contributed by atoms with van der Waals surface area (Å²) >= 11 is 0. The van der Waals surface area contributed by atoms with Crippen LogP contribution >= 0.6 is 0 Å². The molecule has 0 aliphatic carbocycles. The number of H-pyrrole nitrogens is 1. The number of hydrogen-bond acceptors (Lipinski definition) is 6. The van der Waals surface area contributed by atoms with Gasteiger partial charge >= 0.3 is 5.97 Å². The third-order valence-corrected chi connectivity index (χ3v) is 4.92. The summed E-state index contributed by atoms with van der Waals surface area (Å²) in [6.45, 7) is 5.38. The molecule has 0 atom stereocenters. The van der Waals surface area contributed by atoms with Gasteiger partial charge < -0.3 is 25.2 Å². The molecule has 140 valence electrons. The van der Waals surface area contributed by atoms with Crippen LogP contribution in [0.4, 0.5) is 17.5 Å². The van der Waals surface area contributed by atoms with E-state index in [1.54, 1.807) is 12.3 Å². The van der Waals surface area contributed by atoms with E-state index in [1.165, 1.54) is 0 Å². The Kier molecular flexibility index (Phi) is 4.41. The highest BCUT2D eigenvalue weighted by molar-refractivity contribution is 6.00. The van der Waals surface area contributed by atoms with Crippen LogP contribution in [0.3, 0.4) is 0 Å². The second kappa shape index (κ2) is 6.88. The number of carboxylic acids is 1. The molecular weight excluding hydrogens is 344 g/mol. The number of imidazole rings is 1. The number of hydrogen-bond donors (Lipinski definition) is 3. The molecule has 1 aliphatic rings. The second-order valence-electron chi connectivity index (χ2n) is 6.86. The second-order valence-corrected chi connectivity index (χ2v) is 6.86. The first-order chi connectivity index (χ1) is 13.0. The third kappa shape index (κ3) is 3.43. The number of carboxylic acid groups (broad SMARTS) is 1. The predicted octanol–water partition coefficient (Wildman–Crippen LogP) is 2.46. The standard InChI is InChI=1S/C19H22N6O2/c1-12-4-3-5-20-17(12)23-19-21-14-10-13(18(26)27)16(11-15(14)22-19)25-8-6-24(2)7-9-25/h3-5,10-11H,6-9H2,1-2H3,(H,26,27)(H2,20,21,22,23). The largest absolute Gasteiger partial charge is 0.478 e. The summed E-state index contributed by atoms with van der Waals surface area (Å²) in [4.78, 5) is 28.2. The van der Waals surface area contributed by atoms with Crippen LogP contribution in [-0.2, 0) is 0 Å². The number of aromatic carboxylic acids is 1. The smallest absolute Gasteiger partial charge is 0.337 e. The number of aryl methyl sites for hydroxylation is 1. The summed E-state index contributed by atoms with van der Waals surface area (Å²) in [5, 5.41) is 12.9. The third-order valence-electron chi connectivity index (χ3n) is 4.92. The van der Waals surface area contributed by atoms with Crippen molar-refractivity contribution in [2.75, 3.05) is 43.4 Å². The van der Waals surface area contributed by atoms with Gasteiger partial charge in [-0.25, -0.2) is 14.8 Å². The van der Waals surface area contributed by atoms with Crippen molar-refractivity contribution >= 4 is 34.5 Å². The van der Waals surface area contributed by atoms with Gasteiger partial charge in [0.25, 0.3) is 0 Å². The summed E-state index contributed by atoms with van der Waals surface area (Å²) in [6.07, 6.45) is 1.71. The van der Waals surface area contributed by atoms with E-state index in [4.69, 9.17) is 0 Å². The number of rotatable bonds is 4. The molecule has 0 unspecified atom stereocenters. The lowest BCUT2D eigenvalue weighted by molar-refractivity contribution is 0.0697. The molecule has 1 fully saturated rings. The van der Waals surface area contributed by atoms with Gasteiger partial charge in [0.2, 0.25) is 5.95 Å². The Bertz CT molecular complexity index is 991. The van der Waals surface area contributed by atoms with Gasteiger partial charge in [0, 0.05) is 32.4 Å². The zero-order valence-electron chi connectivity index (χ0n) is 15.4. The van der Waals surface area contributed by atoms with E-state index < -0.39 is 5.97 Å². The van der Waals surface area contributed by atoms with Crippen molar-refractivity contribution in [3.05, 3.63) is 41.6 Å². The number of fused-ring (bicyclic) bond motifs is 1. The van der Waals surface area contributed by atoms with Crippen molar-refractivity contribution in [2.45, 2.75) is 6.92 Å². The number of piperazine rings is 1. The van der Waals surface area contributed by atoms with Crippen molar-refractivity contribution in [1.82, 2.24) is 19.9 Å². The zero-order chi connectivity index (χ0) is 19.0. The molecule has 1 aromatic carbocycles. The molecule has 0 spiro atoms. The van der Waals surface area contributed by atoms with E-state index in [2.05, 4.69) is 37.1 Å². The molecule has 8 nitrogen and oxygen atoms in total. The van der Waals surface area contributed by atoms with Gasteiger partial charge in [0.15, 0.2) is 0 Å². The maximum atomic E-state index is 11.8. The Morgan fingerprint density at radius 2 is 2.04 bits per heavy atom.